The number of para-hydroxylation sites is 1. The van der Waals surface area contributed by atoms with Crippen molar-refractivity contribution >= 4 is 17.4 Å². The number of hydrogen-bond acceptors (Lipinski definition) is 9. The minimum absolute atomic E-state index is 0.0818. The van der Waals surface area contributed by atoms with Crippen molar-refractivity contribution in [2.45, 2.75) is 51.4 Å². The van der Waals surface area contributed by atoms with Gasteiger partial charge < -0.3 is 34.9 Å². The molecule has 0 spiro atoms. The number of carbonyl (C=O) groups is 1. The molecule has 4 rings (SSSR count). The van der Waals surface area contributed by atoms with E-state index in [2.05, 4.69) is 15.1 Å². The van der Waals surface area contributed by atoms with Gasteiger partial charge in [-0.25, -0.2) is 0 Å². The highest BCUT2D eigenvalue weighted by molar-refractivity contribution is 5.77. The summed E-state index contributed by atoms with van der Waals surface area (Å²) in [6.07, 6.45) is 9.77. The summed E-state index contributed by atoms with van der Waals surface area (Å²) in [7, 11) is 0. The van der Waals surface area contributed by atoms with E-state index >= 15 is 0 Å². The average molecular weight is 556 g/mol. The van der Waals surface area contributed by atoms with E-state index in [9.17, 15) is 9.90 Å². The molecule has 220 valence electrons. The molecule has 0 atom stereocenters. The summed E-state index contributed by atoms with van der Waals surface area (Å²) in [4.78, 5) is 16.6. The molecule has 2 aliphatic rings. The molecular weight excluding hydrogens is 510 g/mol. The van der Waals surface area contributed by atoms with Crippen molar-refractivity contribution in [3.8, 4) is 17.0 Å². The first-order chi connectivity index (χ1) is 19.6. The lowest BCUT2D eigenvalue weighted by molar-refractivity contribution is -0.132. The van der Waals surface area contributed by atoms with Crippen LogP contribution in [-0.4, -0.2) is 91.9 Å². The molecule has 2 fully saturated rings. The van der Waals surface area contributed by atoms with Crippen LogP contribution in [0.4, 0.5) is 11.5 Å². The number of ether oxygens (including phenoxy) is 3. The average Bonchev–Trinajstić information content (AvgIpc) is 3.25. The highest BCUT2D eigenvalue weighted by Crippen LogP contribution is 2.31. The molecule has 0 bridgehead atoms. The number of aromatic nitrogens is 2. The molecule has 1 aromatic carbocycles. The number of carbonyl (C=O) groups excluding carboxylic acids is 1. The van der Waals surface area contributed by atoms with E-state index in [0.29, 0.717) is 82.7 Å². The third kappa shape index (κ3) is 9.31. The highest BCUT2D eigenvalue weighted by Gasteiger charge is 2.23. The number of aromatic hydroxyl groups is 1. The number of phenols is 1. The molecular formula is C30H45N5O5. The van der Waals surface area contributed by atoms with Crippen molar-refractivity contribution in [2.75, 3.05) is 76.5 Å². The van der Waals surface area contributed by atoms with Crippen molar-refractivity contribution in [3.05, 3.63) is 30.3 Å². The minimum atomic E-state index is 0.0818. The predicted molar refractivity (Wildman–Crippen MR) is 155 cm³/mol. The third-order valence-corrected chi connectivity index (χ3v) is 7.80. The number of amides is 1. The Kier molecular flexibility index (Phi) is 12.3. The smallest absolute Gasteiger partial charge is 0.225 e. The number of nitrogens with two attached hydrogens (primary N) is 1. The molecule has 1 aliphatic carbocycles. The zero-order chi connectivity index (χ0) is 28.0. The topological polar surface area (TPSA) is 123 Å². The Morgan fingerprint density at radius 1 is 0.875 bits per heavy atom. The lowest BCUT2D eigenvalue weighted by Crippen LogP contribution is -2.49. The highest BCUT2D eigenvalue weighted by atomic mass is 16.5. The molecule has 1 aromatic heterocycles. The molecule has 2 aromatic rings. The van der Waals surface area contributed by atoms with Crippen LogP contribution < -0.4 is 10.6 Å². The maximum Gasteiger partial charge on any atom is 0.225 e. The number of phenolic OH excluding ortho intramolecular Hbond substituents is 1. The van der Waals surface area contributed by atoms with Gasteiger partial charge in [-0.2, -0.15) is 0 Å². The normalized spacial score (nSPS) is 16.7. The number of piperazine rings is 1. The standard InChI is InChI=1S/C30H45N5O5/c31-30-27(23-26(32-33-30)25-9-5-6-10-28(25)36)34-13-15-35(16-14-34)29(37)12-18-39-20-22-40-21-19-38-17-11-24-7-3-1-2-4-8-24/h5-6,9-10,23-24,36H,1-4,7-8,11-22H2,(H2,31,33). The summed E-state index contributed by atoms with van der Waals surface area (Å²) in [5.41, 5.74) is 8.03. The predicted octanol–water partition coefficient (Wildman–Crippen LogP) is 3.88. The Hall–Kier alpha value is -2.95. The molecule has 0 radical (unpaired) electrons. The van der Waals surface area contributed by atoms with Crippen LogP contribution >= 0.6 is 0 Å². The zero-order valence-electron chi connectivity index (χ0n) is 23.6. The third-order valence-electron chi connectivity index (χ3n) is 7.80. The van der Waals surface area contributed by atoms with Crippen LogP contribution in [0.25, 0.3) is 11.3 Å². The van der Waals surface area contributed by atoms with Crippen molar-refractivity contribution in [2.24, 2.45) is 5.92 Å². The molecule has 10 heteroatoms. The van der Waals surface area contributed by atoms with Gasteiger partial charge in [-0.15, -0.1) is 10.2 Å². The van der Waals surface area contributed by atoms with E-state index in [4.69, 9.17) is 19.9 Å². The first kappa shape index (κ1) is 30.0. The Balaban J connectivity index is 1.05. The summed E-state index contributed by atoms with van der Waals surface area (Å²) in [6, 6.07) is 8.85. The first-order valence-electron chi connectivity index (χ1n) is 14.8. The van der Waals surface area contributed by atoms with Crippen molar-refractivity contribution in [1.29, 1.82) is 0 Å². The molecule has 1 saturated heterocycles. The van der Waals surface area contributed by atoms with Gasteiger partial charge in [0, 0.05) is 38.3 Å². The molecule has 1 amide bonds. The van der Waals surface area contributed by atoms with Crippen molar-refractivity contribution in [1.82, 2.24) is 15.1 Å². The number of nitrogen functional groups attached to an aromatic ring is 1. The van der Waals surface area contributed by atoms with E-state index in [1.807, 2.05) is 17.0 Å². The first-order valence-corrected chi connectivity index (χ1v) is 14.8. The second kappa shape index (κ2) is 16.3. The Labute approximate surface area is 237 Å². The lowest BCUT2D eigenvalue weighted by atomic mass is 9.97. The molecule has 40 heavy (non-hydrogen) atoms. The maximum absolute atomic E-state index is 12.7. The van der Waals surface area contributed by atoms with Crippen LogP contribution in [0.5, 0.6) is 5.75 Å². The van der Waals surface area contributed by atoms with Gasteiger partial charge in [0.25, 0.3) is 0 Å². The van der Waals surface area contributed by atoms with E-state index in [1.165, 1.54) is 44.9 Å². The molecule has 2 heterocycles. The number of nitrogens with zero attached hydrogens (tertiary/aromatic N) is 4. The van der Waals surface area contributed by atoms with E-state index in [1.54, 1.807) is 18.2 Å². The molecule has 10 nitrogen and oxygen atoms in total. The van der Waals surface area contributed by atoms with E-state index in [-0.39, 0.29) is 11.7 Å². The van der Waals surface area contributed by atoms with Crippen LogP contribution in [-0.2, 0) is 19.0 Å². The number of hydrogen-bond donors (Lipinski definition) is 2. The number of benzene rings is 1. The summed E-state index contributed by atoms with van der Waals surface area (Å²) in [5.74, 6) is 1.39. The van der Waals surface area contributed by atoms with Gasteiger partial charge >= 0.3 is 0 Å². The van der Waals surface area contributed by atoms with Crippen LogP contribution in [0.2, 0.25) is 0 Å². The maximum atomic E-state index is 12.7. The largest absolute Gasteiger partial charge is 0.507 e. The number of rotatable bonds is 14. The Bertz CT molecular complexity index is 1040. The fourth-order valence-corrected chi connectivity index (χ4v) is 5.43. The second-order valence-electron chi connectivity index (χ2n) is 10.6. The summed E-state index contributed by atoms with van der Waals surface area (Å²) in [6.45, 7) is 5.83. The summed E-state index contributed by atoms with van der Waals surface area (Å²) in [5, 5.41) is 18.4. The zero-order valence-corrected chi connectivity index (χ0v) is 23.6. The second-order valence-corrected chi connectivity index (χ2v) is 10.6. The van der Waals surface area contributed by atoms with Gasteiger partial charge in [0.15, 0.2) is 5.82 Å². The van der Waals surface area contributed by atoms with Crippen molar-refractivity contribution < 1.29 is 24.1 Å². The quantitative estimate of drug-likeness (QED) is 0.264. The fourth-order valence-electron chi connectivity index (χ4n) is 5.43. The summed E-state index contributed by atoms with van der Waals surface area (Å²) < 4.78 is 16.9. The van der Waals surface area contributed by atoms with Gasteiger partial charge in [-0.1, -0.05) is 50.7 Å². The molecule has 0 unspecified atom stereocenters. The van der Waals surface area contributed by atoms with Crippen molar-refractivity contribution in [3.63, 3.8) is 0 Å². The van der Waals surface area contributed by atoms with Gasteiger partial charge in [0.2, 0.25) is 5.91 Å². The lowest BCUT2D eigenvalue weighted by Gasteiger charge is -2.36. The SMILES string of the molecule is Nc1nnc(-c2ccccc2O)cc1N1CCN(C(=O)CCOCCOCCOCCC2CCCCCC2)CC1. The molecule has 1 saturated carbocycles. The molecule has 3 N–H and O–H groups in total. The van der Waals surface area contributed by atoms with E-state index < -0.39 is 0 Å². The Morgan fingerprint density at radius 2 is 1.52 bits per heavy atom. The van der Waals surface area contributed by atoms with E-state index in [0.717, 1.165) is 18.2 Å². The minimum Gasteiger partial charge on any atom is -0.507 e. The van der Waals surface area contributed by atoms with Gasteiger partial charge in [-0.05, 0) is 30.5 Å². The Morgan fingerprint density at radius 3 is 2.23 bits per heavy atom. The van der Waals surface area contributed by atoms with Crippen LogP contribution in [0.3, 0.4) is 0 Å². The van der Waals surface area contributed by atoms with Gasteiger partial charge in [-0.3, -0.25) is 4.79 Å². The van der Waals surface area contributed by atoms with Crippen LogP contribution in [0.1, 0.15) is 51.4 Å². The molecule has 1 aliphatic heterocycles. The summed E-state index contributed by atoms with van der Waals surface area (Å²) >= 11 is 0. The monoisotopic (exact) mass is 555 g/mol. The van der Waals surface area contributed by atoms with Crippen LogP contribution in [0.15, 0.2) is 30.3 Å². The van der Waals surface area contributed by atoms with Gasteiger partial charge in [0.1, 0.15) is 5.75 Å². The van der Waals surface area contributed by atoms with Crippen LogP contribution in [0, 0.1) is 5.92 Å². The number of anilines is 2. The van der Waals surface area contributed by atoms with Gasteiger partial charge in [0.05, 0.1) is 50.8 Å². The fraction of sp³-hybridized carbons (Fsp3) is 0.633.